The van der Waals surface area contributed by atoms with E-state index >= 15 is 0 Å². The second kappa shape index (κ2) is 8.47. The number of halogens is 2. The Labute approximate surface area is 199 Å². The zero-order valence-electron chi connectivity index (χ0n) is 18.5. The van der Waals surface area contributed by atoms with E-state index in [0.29, 0.717) is 35.2 Å². The Hall–Kier alpha value is -4.33. The van der Waals surface area contributed by atoms with Crippen LogP contribution in [0.25, 0.3) is 11.1 Å². The molecule has 0 saturated heterocycles. The molecule has 174 valence electrons. The van der Waals surface area contributed by atoms with Crippen LogP contribution in [0.4, 0.5) is 14.8 Å². The van der Waals surface area contributed by atoms with Crippen LogP contribution in [-0.4, -0.2) is 16.7 Å². The van der Waals surface area contributed by atoms with Gasteiger partial charge in [-0.05, 0) is 47.7 Å². The lowest BCUT2D eigenvalue weighted by molar-refractivity contribution is -0.116. The van der Waals surface area contributed by atoms with Gasteiger partial charge in [0, 0.05) is 23.8 Å². The fourth-order valence-corrected chi connectivity index (χ4v) is 4.76. The smallest absolute Gasteiger partial charge is 0.302 e. The number of nitrogens with one attached hydrogen (secondary N) is 2. The van der Waals surface area contributed by atoms with Crippen LogP contribution >= 0.6 is 0 Å². The summed E-state index contributed by atoms with van der Waals surface area (Å²) in [4.78, 5) is 22.4. The number of carbonyl (C=O) groups is 1. The van der Waals surface area contributed by atoms with E-state index in [9.17, 15) is 13.6 Å². The van der Waals surface area contributed by atoms with Crippen LogP contribution in [0.5, 0.6) is 0 Å². The predicted octanol–water partition coefficient (Wildman–Crippen LogP) is 5.62. The molecule has 2 N–H and O–H groups in total. The molecule has 6 rings (SSSR count). The van der Waals surface area contributed by atoms with Crippen LogP contribution in [0, 0.1) is 11.6 Å². The number of guanidine groups is 1. The highest BCUT2D eigenvalue weighted by Crippen LogP contribution is 2.41. The molecule has 6 nitrogen and oxygen atoms in total. The molecule has 1 aliphatic heterocycles. The van der Waals surface area contributed by atoms with Gasteiger partial charge in [-0.2, -0.15) is 4.98 Å². The second-order valence-electron chi connectivity index (χ2n) is 8.65. The minimum absolute atomic E-state index is 0.0245. The third-order valence-corrected chi connectivity index (χ3v) is 6.30. The highest BCUT2D eigenvalue weighted by Gasteiger charge is 2.37. The average molecular weight is 470 g/mol. The zero-order chi connectivity index (χ0) is 23.9. The van der Waals surface area contributed by atoms with Crippen molar-refractivity contribution >= 4 is 28.9 Å². The lowest BCUT2D eigenvalue weighted by Gasteiger charge is -2.33. The van der Waals surface area contributed by atoms with Gasteiger partial charge >= 0.3 is 6.01 Å². The number of hydrogen-bond donors (Lipinski definition) is 2. The SMILES string of the molecule is O=C1CC(c2ccccc2)CC2=C1C(c1cc(F)cc(F)c1)N=C(Nc1nc3ccccc3o1)N2. The first-order valence-corrected chi connectivity index (χ1v) is 11.3. The quantitative estimate of drug-likeness (QED) is 0.406. The van der Waals surface area contributed by atoms with Gasteiger partial charge in [0.05, 0.1) is 0 Å². The average Bonchev–Trinajstić information content (AvgIpc) is 3.25. The first-order chi connectivity index (χ1) is 17.0. The van der Waals surface area contributed by atoms with Gasteiger partial charge in [-0.1, -0.05) is 42.5 Å². The second-order valence-corrected chi connectivity index (χ2v) is 8.65. The van der Waals surface area contributed by atoms with Gasteiger partial charge in [0.25, 0.3) is 0 Å². The third kappa shape index (κ3) is 4.07. The Morgan fingerprint density at radius 1 is 0.914 bits per heavy atom. The molecule has 3 aromatic carbocycles. The van der Waals surface area contributed by atoms with Crippen LogP contribution in [0.15, 0.2) is 93.5 Å². The molecule has 2 atom stereocenters. The summed E-state index contributed by atoms with van der Waals surface area (Å²) in [5.74, 6) is -1.30. The molecule has 0 bridgehead atoms. The number of oxazole rings is 1. The summed E-state index contributed by atoms with van der Waals surface area (Å²) in [6.07, 6.45) is 0.843. The minimum atomic E-state index is -0.868. The lowest BCUT2D eigenvalue weighted by Crippen LogP contribution is -2.40. The number of allylic oxidation sites excluding steroid dienone is 1. The van der Waals surface area contributed by atoms with Crippen LogP contribution in [0.2, 0.25) is 0 Å². The molecule has 2 unspecified atom stereocenters. The van der Waals surface area contributed by atoms with Gasteiger partial charge in [-0.3, -0.25) is 10.1 Å². The van der Waals surface area contributed by atoms with Crippen LogP contribution in [0.3, 0.4) is 0 Å². The maximum Gasteiger partial charge on any atom is 0.302 e. The molecule has 0 spiro atoms. The first kappa shape index (κ1) is 21.2. The van der Waals surface area contributed by atoms with Crippen molar-refractivity contribution in [3.8, 4) is 0 Å². The molecular formula is C27H20F2N4O2. The molecule has 0 fully saturated rings. The van der Waals surface area contributed by atoms with Crippen LogP contribution in [0.1, 0.15) is 35.9 Å². The van der Waals surface area contributed by atoms with Crippen molar-refractivity contribution in [1.29, 1.82) is 0 Å². The molecule has 0 saturated carbocycles. The summed E-state index contributed by atoms with van der Waals surface area (Å²) in [5, 5.41) is 6.25. The largest absolute Gasteiger partial charge is 0.423 e. The summed E-state index contributed by atoms with van der Waals surface area (Å²) < 4.78 is 34.0. The molecular weight excluding hydrogens is 450 g/mol. The standard InChI is InChI=1S/C27H20F2N4O2/c28-18-10-17(11-19(29)14-18)25-24-21(12-16(13-22(24)34)15-6-2-1-3-7-15)30-26(32-25)33-27-31-20-8-4-5-9-23(20)35-27/h1-11,14,16,25H,12-13H2,(H2,30,31,32,33). The van der Waals surface area contributed by atoms with E-state index in [1.54, 1.807) is 6.07 Å². The molecule has 1 aromatic heterocycles. The number of aliphatic imine (C=N–C) groups is 1. The van der Waals surface area contributed by atoms with Gasteiger partial charge in [0.2, 0.25) is 5.96 Å². The van der Waals surface area contributed by atoms with E-state index < -0.39 is 17.7 Å². The number of rotatable bonds is 3. The Balaban J connectivity index is 1.40. The molecule has 4 aromatic rings. The summed E-state index contributed by atoms with van der Waals surface area (Å²) in [7, 11) is 0. The van der Waals surface area contributed by atoms with Gasteiger partial charge in [-0.15, -0.1) is 0 Å². The van der Waals surface area contributed by atoms with Crippen LogP contribution < -0.4 is 10.6 Å². The first-order valence-electron chi connectivity index (χ1n) is 11.3. The van der Waals surface area contributed by atoms with E-state index in [1.165, 1.54) is 12.1 Å². The summed E-state index contributed by atoms with van der Waals surface area (Å²) in [6, 6.07) is 19.7. The Bertz CT molecular complexity index is 1460. The van der Waals surface area contributed by atoms with Crippen molar-refractivity contribution in [2.75, 3.05) is 5.32 Å². The van der Waals surface area contributed by atoms with Gasteiger partial charge in [0.1, 0.15) is 23.2 Å². The minimum Gasteiger partial charge on any atom is -0.423 e. The maximum atomic E-state index is 14.1. The number of para-hydroxylation sites is 2. The fraction of sp³-hybridized carbons (Fsp3) is 0.148. The number of fused-ring (bicyclic) bond motifs is 1. The molecule has 8 heteroatoms. The number of hydrogen-bond acceptors (Lipinski definition) is 6. The zero-order valence-corrected chi connectivity index (χ0v) is 18.5. The molecule has 35 heavy (non-hydrogen) atoms. The fourth-order valence-electron chi connectivity index (χ4n) is 4.76. The van der Waals surface area contributed by atoms with Crippen molar-refractivity contribution in [2.45, 2.75) is 24.8 Å². The highest BCUT2D eigenvalue weighted by molar-refractivity contribution is 6.03. The molecule has 2 aliphatic rings. The summed E-state index contributed by atoms with van der Waals surface area (Å²) >= 11 is 0. The van der Waals surface area contributed by atoms with E-state index in [2.05, 4.69) is 20.6 Å². The van der Waals surface area contributed by atoms with E-state index in [1.807, 2.05) is 48.5 Å². The van der Waals surface area contributed by atoms with E-state index in [-0.39, 0.29) is 29.2 Å². The topological polar surface area (TPSA) is 79.5 Å². The molecule has 2 heterocycles. The number of aromatic nitrogens is 1. The number of ketones is 1. The summed E-state index contributed by atoms with van der Waals surface area (Å²) in [6.45, 7) is 0. The van der Waals surface area contributed by atoms with Crippen molar-refractivity contribution in [3.05, 3.63) is 107 Å². The molecule has 1 aliphatic carbocycles. The lowest BCUT2D eigenvalue weighted by atomic mass is 9.78. The predicted molar refractivity (Wildman–Crippen MR) is 128 cm³/mol. The summed E-state index contributed by atoms with van der Waals surface area (Å²) in [5.41, 5.74) is 3.68. The number of carbonyl (C=O) groups excluding carboxylic acids is 1. The Morgan fingerprint density at radius 2 is 1.66 bits per heavy atom. The van der Waals surface area contributed by atoms with Crippen LogP contribution in [-0.2, 0) is 4.79 Å². The normalized spacial score (nSPS) is 19.8. The number of anilines is 1. The van der Waals surface area contributed by atoms with Crippen molar-refractivity contribution in [1.82, 2.24) is 10.3 Å². The monoisotopic (exact) mass is 470 g/mol. The molecule has 0 radical (unpaired) electrons. The number of benzene rings is 3. The van der Waals surface area contributed by atoms with Gasteiger partial charge in [0.15, 0.2) is 11.4 Å². The van der Waals surface area contributed by atoms with Crippen molar-refractivity contribution in [3.63, 3.8) is 0 Å². The van der Waals surface area contributed by atoms with Crippen molar-refractivity contribution < 1.29 is 18.0 Å². The van der Waals surface area contributed by atoms with Gasteiger partial charge < -0.3 is 9.73 Å². The maximum absolute atomic E-state index is 14.1. The van der Waals surface area contributed by atoms with E-state index in [0.717, 1.165) is 11.6 Å². The van der Waals surface area contributed by atoms with Gasteiger partial charge in [-0.25, -0.2) is 13.8 Å². The third-order valence-electron chi connectivity index (χ3n) is 6.30. The van der Waals surface area contributed by atoms with Crippen molar-refractivity contribution in [2.24, 2.45) is 4.99 Å². The number of nitrogens with zero attached hydrogens (tertiary/aromatic N) is 2. The van der Waals surface area contributed by atoms with E-state index in [4.69, 9.17) is 4.42 Å². The molecule has 0 amide bonds. The Kier molecular flexibility index (Phi) is 5.13. The number of Topliss-reactive ketones (excluding diaryl/α,β-unsaturated/α-hetero) is 1. The highest BCUT2D eigenvalue weighted by atomic mass is 19.1. The Morgan fingerprint density at radius 3 is 2.43 bits per heavy atom.